The van der Waals surface area contributed by atoms with Crippen molar-refractivity contribution in [2.24, 2.45) is 0 Å². The molecule has 4 nitrogen and oxygen atoms in total. The Morgan fingerprint density at radius 1 is 1.44 bits per heavy atom. The van der Waals surface area contributed by atoms with Gasteiger partial charge in [-0.25, -0.2) is 0 Å². The summed E-state index contributed by atoms with van der Waals surface area (Å²) in [5.41, 5.74) is 0. The zero-order valence-corrected chi connectivity index (χ0v) is 11.1. The van der Waals surface area contributed by atoms with Crippen molar-refractivity contribution in [1.82, 2.24) is 10.2 Å². The Labute approximate surface area is 110 Å². The molecule has 0 aliphatic heterocycles. The van der Waals surface area contributed by atoms with E-state index in [2.05, 4.69) is 11.4 Å². The first-order valence-corrected chi connectivity index (χ1v) is 6.62. The van der Waals surface area contributed by atoms with Gasteiger partial charge in [-0.3, -0.25) is 9.69 Å². The van der Waals surface area contributed by atoms with Crippen molar-refractivity contribution in [1.29, 1.82) is 0 Å². The summed E-state index contributed by atoms with van der Waals surface area (Å²) in [5, 5.41) is 4.87. The first-order chi connectivity index (χ1) is 8.74. The number of carbonyl (C=O) groups excluding carboxylic acids is 1. The summed E-state index contributed by atoms with van der Waals surface area (Å²) in [5.74, 6) is 0.773. The molecule has 1 N–H and O–H groups in total. The van der Waals surface area contributed by atoms with Gasteiger partial charge in [0, 0.05) is 11.4 Å². The fourth-order valence-corrected chi connectivity index (χ4v) is 2.41. The summed E-state index contributed by atoms with van der Waals surface area (Å²) in [6, 6.07) is 7.74. The van der Waals surface area contributed by atoms with Crippen molar-refractivity contribution < 1.29 is 9.21 Å². The second kappa shape index (κ2) is 6.37. The van der Waals surface area contributed by atoms with E-state index in [0.717, 1.165) is 12.3 Å². The number of amides is 1. The molecule has 0 spiro atoms. The number of hydrogen-bond acceptors (Lipinski definition) is 4. The van der Waals surface area contributed by atoms with Gasteiger partial charge in [0.25, 0.3) is 0 Å². The summed E-state index contributed by atoms with van der Waals surface area (Å²) in [7, 11) is 1.94. The molecule has 2 aromatic heterocycles. The number of nitrogens with zero attached hydrogens (tertiary/aromatic N) is 1. The molecule has 0 aliphatic carbocycles. The van der Waals surface area contributed by atoms with E-state index < -0.39 is 0 Å². The molecular formula is C13H16N2O2S. The minimum atomic E-state index is 0.00505. The summed E-state index contributed by atoms with van der Waals surface area (Å²) < 4.78 is 5.15. The predicted molar refractivity (Wildman–Crippen MR) is 71.2 cm³/mol. The molecule has 0 aliphatic rings. The Morgan fingerprint density at radius 3 is 3.00 bits per heavy atom. The minimum absolute atomic E-state index is 0.00505. The third-order valence-electron chi connectivity index (χ3n) is 2.46. The minimum Gasteiger partial charge on any atom is -0.467 e. The first kappa shape index (κ1) is 12.9. The van der Waals surface area contributed by atoms with Crippen LogP contribution >= 0.6 is 11.3 Å². The average Bonchev–Trinajstić information content (AvgIpc) is 2.98. The smallest absolute Gasteiger partial charge is 0.234 e. The van der Waals surface area contributed by atoms with Crippen molar-refractivity contribution in [3.05, 3.63) is 46.5 Å². The van der Waals surface area contributed by atoms with Gasteiger partial charge < -0.3 is 9.73 Å². The van der Waals surface area contributed by atoms with Gasteiger partial charge in [0.1, 0.15) is 5.76 Å². The van der Waals surface area contributed by atoms with Gasteiger partial charge in [0.15, 0.2) is 0 Å². The molecule has 0 unspecified atom stereocenters. The van der Waals surface area contributed by atoms with Crippen LogP contribution in [0.2, 0.25) is 0 Å². The number of nitrogens with one attached hydrogen (secondary N) is 1. The van der Waals surface area contributed by atoms with Gasteiger partial charge in [0.2, 0.25) is 5.91 Å². The molecule has 96 valence electrons. The quantitative estimate of drug-likeness (QED) is 0.869. The summed E-state index contributed by atoms with van der Waals surface area (Å²) in [4.78, 5) is 14.9. The Hall–Kier alpha value is -1.59. The molecule has 2 aromatic rings. The van der Waals surface area contributed by atoms with E-state index in [1.54, 1.807) is 17.6 Å². The summed E-state index contributed by atoms with van der Waals surface area (Å²) in [6.45, 7) is 1.63. The Balaban J connectivity index is 1.70. The average molecular weight is 264 g/mol. The topological polar surface area (TPSA) is 45.5 Å². The SMILES string of the molecule is CN(CC(=O)NCc1ccco1)Cc1cccs1. The van der Waals surface area contributed by atoms with E-state index >= 15 is 0 Å². The van der Waals surface area contributed by atoms with Gasteiger partial charge in [0.05, 0.1) is 19.4 Å². The molecule has 0 saturated heterocycles. The molecule has 0 aromatic carbocycles. The van der Waals surface area contributed by atoms with Crippen molar-refractivity contribution >= 4 is 17.2 Å². The molecule has 0 radical (unpaired) electrons. The highest BCUT2D eigenvalue weighted by atomic mass is 32.1. The van der Waals surface area contributed by atoms with Crippen molar-refractivity contribution in [2.75, 3.05) is 13.6 Å². The zero-order valence-electron chi connectivity index (χ0n) is 10.3. The number of carbonyl (C=O) groups is 1. The molecule has 5 heteroatoms. The monoisotopic (exact) mass is 264 g/mol. The number of rotatable bonds is 6. The Morgan fingerprint density at radius 2 is 2.33 bits per heavy atom. The number of hydrogen-bond donors (Lipinski definition) is 1. The maximum Gasteiger partial charge on any atom is 0.234 e. The second-order valence-corrected chi connectivity index (χ2v) is 5.14. The van der Waals surface area contributed by atoms with Crippen LogP contribution in [0.4, 0.5) is 0 Å². The van der Waals surface area contributed by atoms with E-state index in [0.29, 0.717) is 13.1 Å². The number of thiophene rings is 1. The summed E-state index contributed by atoms with van der Waals surface area (Å²) >= 11 is 1.70. The molecule has 0 saturated carbocycles. The molecule has 2 heterocycles. The zero-order chi connectivity index (χ0) is 12.8. The van der Waals surface area contributed by atoms with Gasteiger partial charge in [-0.1, -0.05) is 6.07 Å². The standard InChI is InChI=1S/C13H16N2O2S/c1-15(9-12-5-3-7-18-12)10-13(16)14-8-11-4-2-6-17-11/h2-7H,8-10H2,1H3,(H,14,16). The van der Waals surface area contributed by atoms with Crippen molar-refractivity contribution in [3.63, 3.8) is 0 Å². The number of likely N-dealkylation sites (N-methyl/N-ethyl adjacent to an activating group) is 1. The number of furan rings is 1. The predicted octanol–water partition coefficient (Wildman–Crippen LogP) is 2.09. The van der Waals surface area contributed by atoms with Gasteiger partial charge in [-0.05, 0) is 30.6 Å². The van der Waals surface area contributed by atoms with Gasteiger partial charge in [-0.2, -0.15) is 0 Å². The van der Waals surface area contributed by atoms with Crippen LogP contribution in [0.1, 0.15) is 10.6 Å². The molecule has 0 fully saturated rings. The fourth-order valence-electron chi connectivity index (χ4n) is 1.62. The lowest BCUT2D eigenvalue weighted by molar-refractivity contribution is -0.122. The van der Waals surface area contributed by atoms with Crippen LogP contribution in [-0.4, -0.2) is 24.4 Å². The Kier molecular flexibility index (Phi) is 4.55. The van der Waals surface area contributed by atoms with Crippen LogP contribution in [0.15, 0.2) is 40.3 Å². The lowest BCUT2D eigenvalue weighted by Gasteiger charge is -2.14. The van der Waals surface area contributed by atoms with Crippen molar-refractivity contribution in [3.8, 4) is 0 Å². The van der Waals surface area contributed by atoms with Crippen LogP contribution in [-0.2, 0) is 17.9 Å². The highest BCUT2D eigenvalue weighted by molar-refractivity contribution is 7.09. The van der Waals surface area contributed by atoms with Crippen LogP contribution < -0.4 is 5.32 Å². The molecular weight excluding hydrogens is 248 g/mol. The maximum absolute atomic E-state index is 11.7. The van der Waals surface area contributed by atoms with Crippen LogP contribution in [0.5, 0.6) is 0 Å². The first-order valence-electron chi connectivity index (χ1n) is 5.74. The normalized spacial score (nSPS) is 10.8. The van der Waals surface area contributed by atoms with E-state index in [-0.39, 0.29) is 5.91 Å². The molecule has 0 bridgehead atoms. The van der Waals surface area contributed by atoms with Crippen molar-refractivity contribution in [2.45, 2.75) is 13.1 Å². The van der Waals surface area contributed by atoms with Crippen LogP contribution in [0.25, 0.3) is 0 Å². The molecule has 2 rings (SSSR count). The van der Waals surface area contributed by atoms with Crippen LogP contribution in [0, 0.1) is 0 Å². The highest BCUT2D eigenvalue weighted by Gasteiger charge is 2.07. The molecule has 18 heavy (non-hydrogen) atoms. The van der Waals surface area contributed by atoms with E-state index in [9.17, 15) is 4.79 Å². The summed E-state index contributed by atoms with van der Waals surface area (Å²) in [6.07, 6.45) is 1.60. The van der Waals surface area contributed by atoms with E-state index in [1.807, 2.05) is 35.5 Å². The maximum atomic E-state index is 11.7. The highest BCUT2D eigenvalue weighted by Crippen LogP contribution is 2.10. The Bertz CT molecular complexity index is 465. The van der Waals surface area contributed by atoms with Gasteiger partial charge >= 0.3 is 0 Å². The lowest BCUT2D eigenvalue weighted by atomic mass is 10.4. The van der Waals surface area contributed by atoms with E-state index in [1.165, 1.54) is 4.88 Å². The molecule has 1 amide bonds. The largest absolute Gasteiger partial charge is 0.467 e. The third-order valence-corrected chi connectivity index (χ3v) is 3.32. The van der Waals surface area contributed by atoms with Crippen LogP contribution in [0.3, 0.4) is 0 Å². The molecule has 0 atom stereocenters. The van der Waals surface area contributed by atoms with Gasteiger partial charge in [-0.15, -0.1) is 11.3 Å². The van der Waals surface area contributed by atoms with E-state index in [4.69, 9.17) is 4.42 Å². The fraction of sp³-hybridized carbons (Fsp3) is 0.308. The second-order valence-electron chi connectivity index (χ2n) is 4.11. The lowest BCUT2D eigenvalue weighted by Crippen LogP contribution is -2.34. The third kappa shape index (κ3) is 4.01.